The average Bonchev–Trinajstić information content (AvgIpc) is 3.35. The topological polar surface area (TPSA) is 91.7 Å². The maximum absolute atomic E-state index is 12.8. The molecular formula is C28H27N3O5. The van der Waals surface area contributed by atoms with Gasteiger partial charge in [0.05, 0.1) is 25.1 Å². The Kier molecular flexibility index (Phi) is 7.65. The highest BCUT2D eigenvalue weighted by Gasteiger charge is 2.19. The van der Waals surface area contributed by atoms with Gasteiger partial charge in [0.25, 0.3) is 5.91 Å². The predicted molar refractivity (Wildman–Crippen MR) is 137 cm³/mol. The first-order valence-electron chi connectivity index (χ1n) is 11.5. The van der Waals surface area contributed by atoms with E-state index in [2.05, 4.69) is 10.4 Å². The maximum Gasteiger partial charge on any atom is 0.358 e. The Hall–Kier alpha value is -4.59. The number of carbonyl (C=O) groups excluding carboxylic acids is 2. The van der Waals surface area contributed by atoms with Crippen molar-refractivity contribution in [1.29, 1.82) is 0 Å². The molecule has 0 aliphatic carbocycles. The number of rotatable bonds is 9. The van der Waals surface area contributed by atoms with Gasteiger partial charge in [0, 0.05) is 11.3 Å². The molecule has 1 aromatic heterocycles. The number of anilines is 1. The van der Waals surface area contributed by atoms with Crippen LogP contribution in [0.25, 0.3) is 16.9 Å². The van der Waals surface area contributed by atoms with E-state index in [4.69, 9.17) is 14.2 Å². The van der Waals surface area contributed by atoms with Crippen LogP contribution in [0.5, 0.6) is 11.5 Å². The van der Waals surface area contributed by atoms with Gasteiger partial charge in [-0.15, -0.1) is 0 Å². The van der Waals surface area contributed by atoms with E-state index in [0.717, 1.165) is 11.3 Å². The fourth-order valence-electron chi connectivity index (χ4n) is 3.57. The number of para-hydroxylation sites is 1. The molecule has 0 aliphatic rings. The number of ether oxygens (including phenoxy) is 3. The normalized spacial score (nSPS) is 11.4. The molecule has 0 spiro atoms. The molecule has 4 aromatic rings. The highest BCUT2D eigenvalue weighted by molar-refractivity contribution is 5.95. The van der Waals surface area contributed by atoms with Crippen LogP contribution in [0.2, 0.25) is 0 Å². The summed E-state index contributed by atoms with van der Waals surface area (Å²) in [5, 5.41) is 7.39. The average molecular weight is 486 g/mol. The molecule has 1 N–H and O–H groups in total. The summed E-state index contributed by atoms with van der Waals surface area (Å²) < 4.78 is 17.8. The Morgan fingerprint density at radius 3 is 2.39 bits per heavy atom. The quantitative estimate of drug-likeness (QED) is 0.331. The third-order valence-corrected chi connectivity index (χ3v) is 5.36. The van der Waals surface area contributed by atoms with Crippen molar-refractivity contribution in [3.63, 3.8) is 0 Å². The van der Waals surface area contributed by atoms with Gasteiger partial charge in [-0.3, -0.25) is 4.79 Å². The molecular weight excluding hydrogens is 458 g/mol. The molecule has 0 unspecified atom stereocenters. The molecule has 4 rings (SSSR count). The molecule has 3 aromatic carbocycles. The summed E-state index contributed by atoms with van der Waals surface area (Å²) in [6, 6.07) is 25.5. The van der Waals surface area contributed by atoms with Crippen LogP contribution in [0.1, 0.15) is 24.3 Å². The SMILES string of the molecule is CCOC(=O)c1cc(-c2cccc(NC(=O)[C@H](C)Oc3ccccc3)c2)n(-c2ccc(OC)cc2)n1. The minimum absolute atomic E-state index is 0.182. The van der Waals surface area contributed by atoms with Crippen LogP contribution < -0.4 is 14.8 Å². The predicted octanol–water partition coefficient (Wildman–Crippen LogP) is 5.13. The zero-order chi connectivity index (χ0) is 25.5. The van der Waals surface area contributed by atoms with E-state index < -0.39 is 12.1 Å². The van der Waals surface area contributed by atoms with Crippen molar-refractivity contribution in [2.24, 2.45) is 0 Å². The Labute approximate surface area is 209 Å². The Balaban J connectivity index is 1.62. The number of nitrogens with one attached hydrogen (secondary N) is 1. The molecule has 0 aliphatic heterocycles. The number of esters is 1. The van der Waals surface area contributed by atoms with Gasteiger partial charge >= 0.3 is 5.97 Å². The lowest BCUT2D eigenvalue weighted by molar-refractivity contribution is -0.122. The van der Waals surface area contributed by atoms with E-state index in [9.17, 15) is 9.59 Å². The number of amides is 1. The highest BCUT2D eigenvalue weighted by Crippen LogP contribution is 2.28. The minimum atomic E-state index is -0.698. The Morgan fingerprint density at radius 1 is 0.944 bits per heavy atom. The first-order valence-corrected chi connectivity index (χ1v) is 11.5. The minimum Gasteiger partial charge on any atom is -0.497 e. The molecule has 8 heteroatoms. The third-order valence-electron chi connectivity index (χ3n) is 5.36. The van der Waals surface area contributed by atoms with Gasteiger partial charge < -0.3 is 19.5 Å². The van der Waals surface area contributed by atoms with Gasteiger partial charge in [-0.05, 0) is 68.4 Å². The van der Waals surface area contributed by atoms with Crippen molar-refractivity contribution in [2.45, 2.75) is 20.0 Å². The summed E-state index contributed by atoms with van der Waals surface area (Å²) >= 11 is 0. The highest BCUT2D eigenvalue weighted by atomic mass is 16.5. The summed E-state index contributed by atoms with van der Waals surface area (Å²) in [7, 11) is 1.60. The summed E-state index contributed by atoms with van der Waals surface area (Å²) in [6.45, 7) is 3.68. The van der Waals surface area contributed by atoms with Gasteiger partial charge in [0.2, 0.25) is 0 Å². The molecule has 1 amide bonds. The van der Waals surface area contributed by atoms with Gasteiger partial charge in [0.1, 0.15) is 11.5 Å². The van der Waals surface area contributed by atoms with Gasteiger partial charge in [-0.2, -0.15) is 5.10 Å². The van der Waals surface area contributed by atoms with Crippen LogP contribution in [0.3, 0.4) is 0 Å². The second-order valence-electron chi connectivity index (χ2n) is 7.89. The number of nitrogens with zero attached hydrogens (tertiary/aromatic N) is 2. The molecule has 1 atom stereocenters. The van der Waals surface area contributed by atoms with Gasteiger partial charge in [-0.1, -0.05) is 30.3 Å². The molecule has 8 nitrogen and oxygen atoms in total. The fourth-order valence-corrected chi connectivity index (χ4v) is 3.57. The van der Waals surface area contributed by atoms with E-state index in [0.29, 0.717) is 22.9 Å². The van der Waals surface area contributed by atoms with Crippen LogP contribution in [-0.2, 0) is 9.53 Å². The van der Waals surface area contributed by atoms with Crippen molar-refractivity contribution >= 4 is 17.6 Å². The molecule has 36 heavy (non-hydrogen) atoms. The van der Waals surface area contributed by atoms with Gasteiger partial charge in [-0.25, -0.2) is 9.48 Å². The standard InChI is InChI=1S/C28H27N3O5/c1-4-35-28(33)25-18-26(31(30-25)22-13-15-23(34-3)16-14-22)20-9-8-10-21(17-20)29-27(32)19(2)36-24-11-6-5-7-12-24/h5-19H,4H2,1-3H3,(H,29,32)/t19-/m0/s1. The van der Waals surface area contributed by atoms with Crippen molar-refractivity contribution in [2.75, 3.05) is 19.0 Å². The first kappa shape index (κ1) is 24.5. The van der Waals surface area contributed by atoms with Gasteiger partial charge in [0.15, 0.2) is 11.8 Å². The summed E-state index contributed by atoms with van der Waals surface area (Å²) in [5.74, 6) is 0.521. The van der Waals surface area contributed by atoms with Crippen LogP contribution in [-0.4, -0.2) is 41.5 Å². The lowest BCUT2D eigenvalue weighted by Crippen LogP contribution is -2.30. The second kappa shape index (κ2) is 11.2. The molecule has 0 saturated carbocycles. The first-order chi connectivity index (χ1) is 17.5. The summed E-state index contributed by atoms with van der Waals surface area (Å²) in [6.07, 6.45) is -0.698. The second-order valence-corrected chi connectivity index (χ2v) is 7.89. The van der Waals surface area contributed by atoms with Crippen molar-refractivity contribution in [3.8, 4) is 28.4 Å². The van der Waals surface area contributed by atoms with Crippen LogP contribution in [0, 0.1) is 0 Å². The number of carbonyl (C=O) groups is 2. The number of benzene rings is 3. The summed E-state index contributed by atoms with van der Waals surface area (Å²) in [5.41, 5.74) is 2.92. The number of hydrogen-bond acceptors (Lipinski definition) is 6. The summed E-state index contributed by atoms with van der Waals surface area (Å²) in [4.78, 5) is 25.2. The van der Waals surface area contributed by atoms with E-state index in [1.807, 2.05) is 60.7 Å². The molecule has 184 valence electrons. The molecule has 1 heterocycles. The lowest BCUT2D eigenvalue weighted by atomic mass is 10.1. The number of aromatic nitrogens is 2. The van der Waals surface area contributed by atoms with Crippen molar-refractivity contribution in [1.82, 2.24) is 9.78 Å². The molecule has 0 saturated heterocycles. The third kappa shape index (κ3) is 5.72. The zero-order valence-corrected chi connectivity index (χ0v) is 20.3. The molecule has 0 fully saturated rings. The maximum atomic E-state index is 12.8. The monoisotopic (exact) mass is 485 g/mol. The van der Waals surface area contributed by atoms with E-state index in [1.54, 1.807) is 49.9 Å². The Bertz CT molecular complexity index is 1330. The van der Waals surface area contributed by atoms with Crippen LogP contribution in [0.15, 0.2) is 84.9 Å². The number of hydrogen-bond donors (Lipinski definition) is 1. The van der Waals surface area contributed by atoms with E-state index in [1.165, 1.54) is 0 Å². The number of methoxy groups -OCH3 is 1. The molecule has 0 radical (unpaired) electrons. The zero-order valence-electron chi connectivity index (χ0n) is 20.3. The molecule has 0 bridgehead atoms. The van der Waals surface area contributed by atoms with Crippen molar-refractivity contribution in [3.05, 3.63) is 90.6 Å². The largest absolute Gasteiger partial charge is 0.497 e. The fraction of sp³-hybridized carbons (Fsp3) is 0.179. The van der Waals surface area contributed by atoms with Crippen LogP contribution >= 0.6 is 0 Å². The van der Waals surface area contributed by atoms with E-state index >= 15 is 0 Å². The van der Waals surface area contributed by atoms with E-state index in [-0.39, 0.29) is 18.2 Å². The lowest BCUT2D eigenvalue weighted by Gasteiger charge is -2.15. The Morgan fingerprint density at radius 2 is 1.69 bits per heavy atom. The van der Waals surface area contributed by atoms with Crippen LogP contribution in [0.4, 0.5) is 5.69 Å². The smallest absolute Gasteiger partial charge is 0.358 e. The van der Waals surface area contributed by atoms with Crippen molar-refractivity contribution < 1.29 is 23.8 Å².